The van der Waals surface area contributed by atoms with Crippen molar-refractivity contribution >= 4 is 11.3 Å². The van der Waals surface area contributed by atoms with Crippen molar-refractivity contribution in [3.63, 3.8) is 0 Å². The van der Waals surface area contributed by atoms with E-state index in [9.17, 15) is 0 Å². The minimum atomic E-state index is 0.688. The van der Waals surface area contributed by atoms with Gasteiger partial charge in [-0.15, -0.1) is 0 Å². The average molecular weight is 418 g/mol. The van der Waals surface area contributed by atoms with Crippen LogP contribution in [0.3, 0.4) is 0 Å². The van der Waals surface area contributed by atoms with Crippen LogP contribution in [-0.4, -0.2) is 6.61 Å². The lowest BCUT2D eigenvalue weighted by atomic mass is 10.0. The molecule has 3 heteroatoms. The first-order chi connectivity index (χ1) is 14.8. The van der Waals surface area contributed by atoms with Gasteiger partial charge in [0, 0.05) is 0 Å². The number of thiophene rings is 1. The maximum Gasteiger partial charge on any atom is 0.119 e. The molecular formula is C27H31NOS. The summed E-state index contributed by atoms with van der Waals surface area (Å²) < 4.78 is 5.89. The lowest BCUT2D eigenvalue weighted by molar-refractivity contribution is 0.304. The minimum absolute atomic E-state index is 0.688. The summed E-state index contributed by atoms with van der Waals surface area (Å²) in [5.41, 5.74) is 4.45. The molecule has 0 amide bonds. The highest BCUT2D eigenvalue weighted by Gasteiger charge is 2.00. The summed E-state index contributed by atoms with van der Waals surface area (Å²) in [6.45, 7) is 0.789. The van der Waals surface area contributed by atoms with Crippen molar-refractivity contribution in [2.45, 2.75) is 57.8 Å². The van der Waals surface area contributed by atoms with E-state index in [1.54, 1.807) is 11.3 Å². The number of hydrogen-bond donors (Lipinski definition) is 0. The van der Waals surface area contributed by atoms with E-state index < -0.39 is 0 Å². The van der Waals surface area contributed by atoms with Gasteiger partial charge < -0.3 is 4.74 Å². The van der Waals surface area contributed by atoms with Crippen molar-refractivity contribution in [3.8, 4) is 22.9 Å². The first-order valence-electron chi connectivity index (χ1n) is 11.1. The Hall–Kier alpha value is -2.57. The molecule has 0 aliphatic rings. The van der Waals surface area contributed by atoms with Crippen LogP contribution >= 0.6 is 11.3 Å². The Morgan fingerprint density at radius 3 is 1.90 bits per heavy atom. The molecule has 0 saturated heterocycles. The van der Waals surface area contributed by atoms with Crippen LogP contribution in [0, 0.1) is 11.3 Å². The summed E-state index contributed by atoms with van der Waals surface area (Å²) in [5, 5.41) is 13.3. The summed E-state index contributed by atoms with van der Waals surface area (Å²) in [6, 6.07) is 20.3. The molecule has 30 heavy (non-hydrogen) atoms. The zero-order chi connectivity index (χ0) is 20.9. The van der Waals surface area contributed by atoms with E-state index in [1.165, 1.54) is 56.9 Å². The second kappa shape index (κ2) is 12.9. The van der Waals surface area contributed by atoms with Gasteiger partial charge in [-0.05, 0) is 77.0 Å². The van der Waals surface area contributed by atoms with Crippen LogP contribution in [0.4, 0.5) is 0 Å². The van der Waals surface area contributed by atoms with Crippen LogP contribution in [0.5, 0.6) is 5.75 Å². The summed E-state index contributed by atoms with van der Waals surface area (Å²) in [7, 11) is 0. The molecule has 2 aromatic carbocycles. The molecule has 0 spiro atoms. The van der Waals surface area contributed by atoms with Crippen molar-refractivity contribution in [1.82, 2.24) is 0 Å². The van der Waals surface area contributed by atoms with Gasteiger partial charge in [-0.2, -0.15) is 16.6 Å². The number of aryl methyl sites for hydroxylation is 1. The number of benzene rings is 2. The molecule has 0 radical (unpaired) electrons. The molecule has 0 N–H and O–H groups in total. The molecule has 0 atom stereocenters. The Kier molecular flexibility index (Phi) is 9.50. The third kappa shape index (κ3) is 7.69. The maximum atomic E-state index is 8.89. The van der Waals surface area contributed by atoms with E-state index in [0.717, 1.165) is 29.9 Å². The highest BCUT2D eigenvalue weighted by atomic mass is 32.1. The quantitative estimate of drug-likeness (QED) is 0.264. The Labute approximate surface area is 185 Å². The molecule has 3 aromatic rings. The van der Waals surface area contributed by atoms with Crippen molar-refractivity contribution in [2.24, 2.45) is 0 Å². The van der Waals surface area contributed by atoms with Gasteiger partial charge in [0.05, 0.1) is 18.2 Å². The Balaban J connectivity index is 1.20. The molecule has 0 bridgehead atoms. The summed E-state index contributed by atoms with van der Waals surface area (Å²) >= 11 is 1.80. The molecule has 0 fully saturated rings. The predicted octanol–water partition coefficient (Wildman–Crippen LogP) is 8.03. The first-order valence-corrected chi connectivity index (χ1v) is 12.0. The largest absolute Gasteiger partial charge is 0.494 e. The number of nitrogens with zero attached hydrogens (tertiary/aromatic N) is 1. The fourth-order valence-electron chi connectivity index (χ4n) is 3.60. The Morgan fingerprint density at radius 1 is 0.700 bits per heavy atom. The monoisotopic (exact) mass is 417 g/mol. The zero-order valence-corrected chi connectivity index (χ0v) is 18.5. The second-order valence-corrected chi connectivity index (χ2v) is 8.55. The van der Waals surface area contributed by atoms with Crippen molar-refractivity contribution in [2.75, 3.05) is 6.61 Å². The number of nitriles is 1. The minimum Gasteiger partial charge on any atom is -0.494 e. The lowest BCUT2D eigenvalue weighted by Crippen LogP contribution is -1.97. The van der Waals surface area contributed by atoms with Crippen LogP contribution < -0.4 is 4.74 Å². The highest BCUT2D eigenvalue weighted by Crippen LogP contribution is 2.23. The number of hydrogen-bond acceptors (Lipinski definition) is 3. The van der Waals surface area contributed by atoms with Crippen LogP contribution in [0.1, 0.15) is 62.5 Å². The summed E-state index contributed by atoms with van der Waals surface area (Å²) in [5.74, 6) is 0.929. The normalized spacial score (nSPS) is 10.6. The van der Waals surface area contributed by atoms with E-state index in [2.05, 4.69) is 35.0 Å². The van der Waals surface area contributed by atoms with E-state index in [4.69, 9.17) is 10.00 Å². The van der Waals surface area contributed by atoms with Crippen molar-refractivity contribution in [1.29, 1.82) is 5.26 Å². The van der Waals surface area contributed by atoms with Crippen LogP contribution in [0.25, 0.3) is 11.1 Å². The molecule has 0 aliphatic carbocycles. The van der Waals surface area contributed by atoms with Crippen molar-refractivity contribution in [3.05, 3.63) is 76.5 Å². The molecule has 0 unspecified atom stereocenters. The number of rotatable bonds is 13. The molecule has 0 saturated carbocycles. The van der Waals surface area contributed by atoms with E-state index in [0.29, 0.717) is 5.56 Å². The zero-order valence-electron chi connectivity index (χ0n) is 17.7. The summed E-state index contributed by atoms with van der Waals surface area (Å²) in [6.07, 6.45) is 11.7. The highest BCUT2D eigenvalue weighted by molar-refractivity contribution is 7.07. The SMILES string of the molecule is N#Cc1ccc(-c2ccc(OCCCCCCCCCCc3ccsc3)cc2)cc1. The van der Waals surface area contributed by atoms with Crippen LogP contribution in [-0.2, 0) is 6.42 Å². The third-order valence-corrected chi connectivity index (χ3v) is 6.14. The van der Waals surface area contributed by atoms with Crippen LogP contribution in [0.2, 0.25) is 0 Å². The molecule has 156 valence electrons. The van der Waals surface area contributed by atoms with Gasteiger partial charge in [0.2, 0.25) is 0 Å². The topological polar surface area (TPSA) is 33.0 Å². The molecule has 3 rings (SSSR count). The second-order valence-electron chi connectivity index (χ2n) is 7.77. The third-order valence-electron chi connectivity index (χ3n) is 5.41. The van der Waals surface area contributed by atoms with Gasteiger partial charge in [-0.1, -0.05) is 62.8 Å². The summed E-state index contributed by atoms with van der Waals surface area (Å²) in [4.78, 5) is 0. The number of unbranched alkanes of at least 4 members (excludes halogenated alkanes) is 7. The molecule has 2 nitrogen and oxygen atoms in total. The van der Waals surface area contributed by atoms with Gasteiger partial charge in [-0.3, -0.25) is 0 Å². The van der Waals surface area contributed by atoms with Gasteiger partial charge in [0.25, 0.3) is 0 Å². The molecule has 1 heterocycles. The van der Waals surface area contributed by atoms with E-state index >= 15 is 0 Å². The van der Waals surface area contributed by atoms with Gasteiger partial charge in [0.15, 0.2) is 0 Å². The molecular weight excluding hydrogens is 386 g/mol. The maximum absolute atomic E-state index is 8.89. The average Bonchev–Trinajstić information content (AvgIpc) is 3.31. The van der Waals surface area contributed by atoms with Crippen LogP contribution in [0.15, 0.2) is 65.4 Å². The van der Waals surface area contributed by atoms with Crippen molar-refractivity contribution < 1.29 is 4.74 Å². The Morgan fingerprint density at radius 2 is 1.30 bits per heavy atom. The lowest BCUT2D eigenvalue weighted by Gasteiger charge is -2.08. The predicted molar refractivity (Wildman–Crippen MR) is 127 cm³/mol. The number of ether oxygens (including phenoxy) is 1. The molecule has 1 aromatic heterocycles. The fourth-order valence-corrected chi connectivity index (χ4v) is 4.30. The molecule has 0 aliphatic heterocycles. The fraction of sp³-hybridized carbons (Fsp3) is 0.370. The van der Waals surface area contributed by atoms with Gasteiger partial charge in [-0.25, -0.2) is 0 Å². The smallest absolute Gasteiger partial charge is 0.119 e. The standard InChI is InChI=1S/C27H31NOS/c28-21-23-10-12-25(13-11-23)26-14-16-27(17-15-26)29-19-8-6-4-2-1-3-5-7-9-24-18-20-30-22-24/h10-18,20,22H,1-9,19H2. The van der Waals surface area contributed by atoms with Gasteiger partial charge in [0.1, 0.15) is 5.75 Å². The Bertz CT molecular complexity index is 876. The van der Waals surface area contributed by atoms with E-state index in [-0.39, 0.29) is 0 Å². The first kappa shape index (κ1) is 22.1. The van der Waals surface area contributed by atoms with Gasteiger partial charge >= 0.3 is 0 Å². The van der Waals surface area contributed by atoms with E-state index in [1.807, 2.05) is 36.4 Å².